The summed E-state index contributed by atoms with van der Waals surface area (Å²) >= 11 is 5.93. The minimum atomic E-state index is -2.88. The van der Waals surface area contributed by atoms with Crippen LogP contribution in [0.1, 0.15) is 38.4 Å². The zero-order valence-corrected chi connectivity index (χ0v) is 25.4. The number of imidazole rings is 1. The smallest absolute Gasteiger partial charge is 0.296 e. The maximum absolute atomic E-state index is 14.5. The topological polar surface area (TPSA) is 114 Å². The van der Waals surface area contributed by atoms with Gasteiger partial charge in [0, 0.05) is 38.8 Å². The second-order valence-electron chi connectivity index (χ2n) is 11.0. The molecular weight excluding hydrogens is 584 g/mol. The highest BCUT2D eigenvalue weighted by Crippen LogP contribution is 2.33. The van der Waals surface area contributed by atoms with E-state index in [9.17, 15) is 13.6 Å². The average molecular weight is 622 g/mol. The molecule has 0 aliphatic carbocycles. The predicted octanol–water partition coefficient (Wildman–Crippen LogP) is 3.03. The van der Waals surface area contributed by atoms with E-state index in [-0.39, 0.29) is 17.9 Å². The van der Waals surface area contributed by atoms with Gasteiger partial charge in [0.1, 0.15) is 16.6 Å². The Balaban J connectivity index is 1.50. The Hall–Kier alpha value is -3.36. The van der Waals surface area contributed by atoms with Crippen molar-refractivity contribution in [2.24, 2.45) is 0 Å². The molecular formula is C28H38ClF2N9O3. The second kappa shape index (κ2) is 14.0. The number of ether oxygens (including phenoxy) is 2. The van der Waals surface area contributed by atoms with Crippen LogP contribution in [-0.2, 0) is 9.53 Å². The zero-order valence-electron chi connectivity index (χ0n) is 24.7. The number of hydrogen-bond donors (Lipinski definition) is 1. The number of carbonyl (C=O) groups is 1. The van der Waals surface area contributed by atoms with E-state index >= 15 is 0 Å². The monoisotopic (exact) mass is 621 g/mol. The van der Waals surface area contributed by atoms with Crippen molar-refractivity contribution in [2.45, 2.75) is 44.0 Å². The van der Waals surface area contributed by atoms with Gasteiger partial charge in [-0.25, -0.2) is 13.8 Å². The molecule has 0 bridgehead atoms. The van der Waals surface area contributed by atoms with Gasteiger partial charge in [-0.1, -0.05) is 6.07 Å². The molecule has 43 heavy (non-hydrogen) atoms. The molecule has 12 nitrogen and oxygen atoms in total. The number of anilines is 2. The van der Waals surface area contributed by atoms with Gasteiger partial charge in [-0.2, -0.15) is 15.0 Å². The molecule has 1 aromatic carbocycles. The number of nitrogens with zero attached hydrogens (tertiary/aromatic N) is 8. The summed E-state index contributed by atoms with van der Waals surface area (Å²) in [6, 6.07) is 5.17. The van der Waals surface area contributed by atoms with Crippen LogP contribution in [0.15, 0.2) is 18.2 Å². The lowest BCUT2D eigenvalue weighted by Gasteiger charge is -2.33. The first kappa shape index (κ1) is 31.1. The number of carbonyl (C=O) groups excluding carboxylic acids is 1. The molecule has 234 valence electrons. The van der Waals surface area contributed by atoms with Gasteiger partial charge in [-0.15, -0.1) is 11.6 Å². The van der Waals surface area contributed by atoms with Crippen molar-refractivity contribution in [2.75, 3.05) is 76.4 Å². The van der Waals surface area contributed by atoms with Crippen LogP contribution in [0.4, 0.5) is 20.7 Å². The van der Waals surface area contributed by atoms with E-state index in [0.717, 1.165) is 13.0 Å². The number of piperidine rings is 1. The fourth-order valence-electron chi connectivity index (χ4n) is 5.16. The number of benzene rings is 1. The first-order valence-electron chi connectivity index (χ1n) is 14.6. The van der Waals surface area contributed by atoms with E-state index < -0.39 is 17.6 Å². The first-order chi connectivity index (χ1) is 20.7. The third kappa shape index (κ3) is 7.42. The van der Waals surface area contributed by atoms with Crippen LogP contribution in [0.25, 0.3) is 17.0 Å². The number of aromatic nitrogens is 5. The number of hydrogen-bond acceptors (Lipinski definition) is 10. The Morgan fingerprint density at radius 3 is 2.35 bits per heavy atom. The summed E-state index contributed by atoms with van der Waals surface area (Å²) in [5.74, 6) is 0.564. The summed E-state index contributed by atoms with van der Waals surface area (Å²) in [6.07, 6.45) is -0.788. The van der Waals surface area contributed by atoms with Crippen molar-refractivity contribution >= 4 is 40.4 Å². The predicted molar refractivity (Wildman–Crippen MR) is 160 cm³/mol. The Bertz CT molecular complexity index is 1390. The highest BCUT2D eigenvalue weighted by molar-refractivity contribution is 6.30. The van der Waals surface area contributed by atoms with Gasteiger partial charge < -0.3 is 29.5 Å². The number of nitrogens with one attached hydrogen (secondary N) is 1. The molecule has 5 rings (SSSR count). The van der Waals surface area contributed by atoms with Crippen LogP contribution in [-0.4, -0.2) is 113 Å². The highest BCUT2D eigenvalue weighted by atomic mass is 35.5. The third-order valence-electron chi connectivity index (χ3n) is 7.46. The summed E-state index contributed by atoms with van der Waals surface area (Å²) in [4.78, 5) is 36.6. The summed E-state index contributed by atoms with van der Waals surface area (Å²) in [5, 5.41) is 2.36. The van der Waals surface area contributed by atoms with Crippen molar-refractivity contribution < 1.29 is 23.0 Å². The van der Waals surface area contributed by atoms with Crippen molar-refractivity contribution in [1.82, 2.24) is 34.7 Å². The molecule has 4 heterocycles. The lowest BCUT2D eigenvalue weighted by Crippen LogP contribution is -2.47. The molecule has 0 saturated carbocycles. The van der Waals surface area contributed by atoms with Crippen molar-refractivity contribution in [3.8, 4) is 11.7 Å². The molecule has 1 atom stereocenters. The highest BCUT2D eigenvalue weighted by Gasteiger charge is 2.29. The number of fused-ring (bicyclic) bond motifs is 1. The van der Waals surface area contributed by atoms with Crippen molar-refractivity contribution in [3.63, 3.8) is 0 Å². The molecule has 2 fully saturated rings. The second-order valence-corrected chi connectivity index (χ2v) is 11.6. The Morgan fingerprint density at radius 1 is 1.07 bits per heavy atom. The zero-order chi connectivity index (χ0) is 30.5. The largest absolute Gasteiger partial charge is 0.491 e. The number of amides is 1. The number of alkyl halides is 3. The Morgan fingerprint density at radius 2 is 1.72 bits per heavy atom. The average Bonchev–Trinajstić information content (AvgIpc) is 3.41. The van der Waals surface area contributed by atoms with Gasteiger partial charge in [-0.3, -0.25) is 9.36 Å². The first-order valence-corrected chi connectivity index (χ1v) is 15.0. The van der Waals surface area contributed by atoms with Crippen LogP contribution >= 0.6 is 11.6 Å². The fraction of sp³-hybridized carbons (Fsp3) is 0.607. The number of para-hydroxylation sites is 1. The molecule has 1 amide bonds. The van der Waals surface area contributed by atoms with Gasteiger partial charge in [-0.05, 0) is 52.4 Å². The maximum Gasteiger partial charge on any atom is 0.296 e. The Labute approximate surface area is 254 Å². The maximum atomic E-state index is 14.5. The summed E-state index contributed by atoms with van der Waals surface area (Å²) in [5.41, 5.74) is 0.740. The minimum absolute atomic E-state index is 0.0239. The standard InChI is InChI=1S/C28H38ClF2N9O3/c1-18(29)25(41)32-19-8-11-38(12-9-19)26-34-27(39-13-16-42-17-14-39)36-28(35-26)40-20-6-4-7-21(43-15-5-10-37(2)3)22(20)33-24(40)23(30)31/h4,6-7,18-19,23H,5,8-17H2,1-3H3,(H,32,41). The number of rotatable bonds is 11. The van der Waals surface area contributed by atoms with Crippen LogP contribution in [0, 0.1) is 0 Å². The molecule has 15 heteroatoms. The molecule has 2 aliphatic rings. The molecule has 0 radical (unpaired) electrons. The molecule has 1 N–H and O–H groups in total. The van der Waals surface area contributed by atoms with Crippen molar-refractivity contribution in [3.05, 3.63) is 24.0 Å². The third-order valence-corrected chi connectivity index (χ3v) is 7.65. The van der Waals surface area contributed by atoms with Gasteiger partial charge in [0.2, 0.25) is 23.8 Å². The van der Waals surface area contributed by atoms with E-state index in [4.69, 9.17) is 31.0 Å². The quantitative estimate of drug-likeness (QED) is 0.253. The van der Waals surface area contributed by atoms with Gasteiger partial charge >= 0.3 is 0 Å². The van der Waals surface area contributed by atoms with E-state index in [0.29, 0.717) is 87.5 Å². The fourth-order valence-corrected chi connectivity index (χ4v) is 5.22. The van der Waals surface area contributed by atoms with E-state index in [1.807, 2.05) is 23.9 Å². The van der Waals surface area contributed by atoms with Gasteiger partial charge in [0.05, 0.1) is 25.3 Å². The van der Waals surface area contributed by atoms with E-state index in [1.165, 1.54) is 4.57 Å². The minimum Gasteiger partial charge on any atom is -0.491 e. The van der Waals surface area contributed by atoms with Crippen LogP contribution in [0.5, 0.6) is 5.75 Å². The summed E-state index contributed by atoms with van der Waals surface area (Å²) < 4.78 is 41.8. The van der Waals surface area contributed by atoms with Gasteiger partial charge in [0.15, 0.2) is 5.82 Å². The van der Waals surface area contributed by atoms with Gasteiger partial charge in [0.25, 0.3) is 6.43 Å². The lowest BCUT2D eigenvalue weighted by molar-refractivity contribution is -0.121. The van der Waals surface area contributed by atoms with Crippen LogP contribution in [0.2, 0.25) is 0 Å². The molecule has 2 aliphatic heterocycles. The van der Waals surface area contributed by atoms with E-state index in [1.54, 1.807) is 25.1 Å². The molecule has 0 spiro atoms. The van der Waals surface area contributed by atoms with E-state index in [2.05, 4.69) is 20.2 Å². The van der Waals surface area contributed by atoms with Crippen molar-refractivity contribution in [1.29, 1.82) is 0 Å². The molecule has 2 saturated heterocycles. The molecule has 3 aromatic rings. The van der Waals surface area contributed by atoms with Crippen LogP contribution < -0.4 is 19.9 Å². The van der Waals surface area contributed by atoms with Crippen LogP contribution in [0.3, 0.4) is 0 Å². The summed E-state index contributed by atoms with van der Waals surface area (Å²) in [6.45, 7) is 6.15. The Kier molecular flexibility index (Phi) is 10.1. The SMILES string of the molecule is CC(Cl)C(=O)NC1CCN(c2nc(N3CCOCC3)nc(-n3c(C(F)F)nc4c(OCCCN(C)C)cccc43)n2)CC1. The lowest BCUT2D eigenvalue weighted by atomic mass is 10.1. The molecule has 1 unspecified atom stereocenters. The summed E-state index contributed by atoms with van der Waals surface area (Å²) in [7, 11) is 3.96. The number of morpholine rings is 1. The molecule has 2 aromatic heterocycles. The number of halogens is 3. The normalized spacial score (nSPS) is 17.2.